The number of phosphoric ester groups is 1. The summed E-state index contributed by atoms with van der Waals surface area (Å²) in [6, 6.07) is 0. The van der Waals surface area contributed by atoms with Gasteiger partial charge in [0, 0.05) is 0 Å². The van der Waals surface area contributed by atoms with Gasteiger partial charge in [0.2, 0.25) is 0 Å². The zero-order chi connectivity index (χ0) is 11.6. The lowest BCUT2D eigenvalue weighted by atomic mass is 10.3. The van der Waals surface area contributed by atoms with Gasteiger partial charge in [0.15, 0.2) is 0 Å². The lowest BCUT2D eigenvalue weighted by Gasteiger charge is -2.16. The van der Waals surface area contributed by atoms with Crippen LogP contribution in [0.25, 0.3) is 0 Å². The van der Waals surface area contributed by atoms with Crippen molar-refractivity contribution in [3.63, 3.8) is 0 Å². The lowest BCUT2D eigenvalue weighted by Crippen LogP contribution is -2.02. The van der Waals surface area contributed by atoms with E-state index in [1.807, 2.05) is 6.92 Å². The van der Waals surface area contributed by atoms with E-state index in [2.05, 4.69) is 6.92 Å². The molecule has 0 aliphatic rings. The lowest BCUT2D eigenvalue weighted by molar-refractivity contribution is 0.116. The number of rotatable bonds is 10. The molecule has 1 atom stereocenters. The number of phosphoric acid groups is 1. The quantitative estimate of drug-likeness (QED) is 0.429. The van der Waals surface area contributed by atoms with Crippen molar-refractivity contribution in [2.75, 3.05) is 19.8 Å². The van der Waals surface area contributed by atoms with Gasteiger partial charge in [-0.2, -0.15) is 0 Å². The number of unbranched alkanes of at least 4 members (excludes halogenated alkanes) is 2. The average molecular weight is 238 g/mol. The fourth-order valence-corrected chi connectivity index (χ4v) is 2.30. The largest absolute Gasteiger partial charge is 0.474 e. The molecule has 15 heavy (non-hydrogen) atoms. The van der Waals surface area contributed by atoms with E-state index in [1.165, 1.54) is 0 Å². The number of hydrogen-bond donors (Lipinski definition) is 0. The van der Waals surface area contributed by atoms with E-state index < -0.39 is 7.82 Å². The van der Waals surface area contributed by atoms with Gasteiger partial charge in [0.05, 0.1) is 19.8 Å². The van der Waals surface area contributed by atoms with Crippen LogP contribution in [0, 0.1) is 0 Å². The first-order valence-electron chi connectivity index (χ1n) is 5.72. The molecule has 0 amide bonds. The van der Waals surface area contributed by atoms with Crippen LogP contribution in [0.1, 0.15) is 46.5 Å². The highest BCUT2D eigenvalue weighted by atomic mass is 31.2. The normalized spacial score (nSPS) is 15.1. The molecule has 0 aromatic carbocycles. The highest BCUT2D eigenvalue weighted by molar-refractivity contribution is 7.48. The Morgan fingerprint density at radius 1 is 0.867 bits per heavy atom. The Balaban J connectivity index is 3.84. The molecule has 0 radical (unpaired) electrons. The summed E-state index contributed by atoms with van der Waals surface area (Å²) in [7, 11) is -3.28. The SMILES string of the molecule is CCCCCOP(=O)(OCC)OCCC. The molecule has 0 aliphatic heterocycles. The highest BCUT2D eigenvalue weighted by Gasteiger charge is 2.24. The third-order valence-corrected chi connectivity index (χ3v) is 3.31. The van der Waals surface area contributed by atoms with E-state index in [1.54, 1.807) is 6.92 Å². The zero-order valence-corrected chi connectivity index (χ0v) is 10.9. The zero-order valence-electron chi connectivity index (χ0n) is 10.0. The van der Waals surface area contributed by atoms with E-state index in [0.717, 1.165) is 25.7 Å². The molecule has 0 N–H and O–H groups in total. The maximum Gasteiger partial charge on any atom is 0.474 e. The second kappa shape index (κ2) is 9.34. The van der Waals surface area contributed by atoms with Gasteiger partial charge in [0.25, 0.3) is 0 Å². The van der Waals surface area contributed by atoms with Crippen LogP contribution in [0.2, 0.25) is 0 Å². The van der Waals surface area contributed by atoms with Gasteiger partial charge in [0.1, 0.15) is 0 Å². The smallest absolute Gasteiger partial charge is 0.287 e. The summed E-state index contributed by atoms with van der Waals surface area (Å²) in [4.78, 5) is 0. The van der Waals surface area contributed by atoms with Crippen molar-refractivity contribution in [2.45, 2.75) is 46.5 Å². The first-order valence-corrected chi connectivity index (χ1v) is 7.18. The van der Waals surface area contributed by atoms with Gasteiger partial charge in [-0.3, -0.25) is 13.6 Å². The molecule has 0 rings (SSSR count). The molecule has 92 valence electrons. The first kappa shape index (κ1) is 15.1. The van der Waals surface area contributed by atoms with E-state index >= 15 is 0 Å². The molecule has 0 spiro atoms. The van der Waals surface area contributed by atoms with Gasteiger partial charge >= 0.3 is 7.82 Å². The van der Waals surface area contributed by atoms with Crippen molar-refractivity contribution in [2.24, 2.45) is 0 Å². The van der Waals surface area contributed by atoms with Crippen LogP contribution in [0.5, 0.6) is 0 Å². The van der Waals surface area contributed by atoms with Crippen LogP contribution in [0.4, 0.5) is 0 Å². The molecular formula is C10H23O4P. The molecule has 4 nitrogen and oxygen atoms in total. The Morgan fingerprint density at radius 2 is 1.53 bits per heavy atom. The Bertz CT molecular complexity index is 184. The molecule has 0 heterocycles. The van der Waals surface area contributed by atoms with Crippen molar-refractivity contribution >= 4 is 7.82 Å². The standard InChI is InChI=1S/C10H23O4P/c1-4-7-8-10-14-15(11,12-6-3)13-9-5-2/h4-10H2,1-3H3. The minimum absolute atomic E-state index is 0.342. The second-order valence-electron chi connectivity index (χ2n) is 3.24. The first-order chi connectivity index (χ1) is 7.18. The van der Waals surface area contributed by atoms with Gasteiger partial charge < -0.3 is 0 Å². The second-order valence-corrected chi connectivity index (χ2v) is 4.91. The van der Waals surface area contributed by atoms with Crippen LogP contribution in [0.3, 0.4) is 0 Å². The van der Waals surface area contributed by atoms with Crippen LogP contribution in [-0.2, 0) is 18.1 Å². The minimum Gasteiger partial charge on any atom is -0.287 e. The molecule has 0 bridgehead atoms. The summed E-state index contributed by atoms with van der Waals surface area (Å²) in [6.07, 6.45) is 3.87. The third kappa shape index (κ3) is 7.97. The average Bonchev–Trinajstić information content (AvgIpc) is 2.22. The fourth-order valence-electron chi connectivity index (χ4n) is 1.00. The van der Waals surface area contributed by atoms with Gasteiger partial charge in [-0.05, 0) is 19.8 Å². The van der Waals surface area contributed by atoms with Crippen molar-refractivity contribution in [3.05, 3.63) is 0 Å². The molecule has 0 aromatic rings. The van der Waals surface area contributed by atoms with Crippen molar-refractivity contribution in [3.8, 4) is 0 Å². The Labute approximate surface area is 92.9 Å². The summed E-state index contributed by atoms with van der Waals surface area (Å²) in [6.45, 7) is 7.02. The van der Waals surface area contributed by atoms with Crippen molar-refractivity contribution < 1.29 is 18.1 Å². The van der Waals surface area contributed by atoms with E-state index in [0.29, 0.717) is 19.8 Å². The Hall–Kier alpha value is 0.110. The molecule has 0 aliphatic carbocycles. The maximum atomic E-state index is 11.9. The maximum absolute atomic E-state index is 11.9. The highest BCUT2D eigenvalue weighted by Crippen LogP contribution is 2.49. The van der Waals surface area contributed by atoms with E-state index in [4.69, 9.17) is 13.6 Å². The molecule has 0 saturated heterocycles. The van der Waals surface area contributed by atoms with Crippen LogP contribution < -0.4 is 0 Å². The Morgan fingerprint density at radius 3 is 2.07 bits per heavy atom. The summed E-state index contributed by atoms with van der Waals surface area (Å²) in [5.74, 6) is 0. The monoisotopic (exact) mass is 238 g/mol. The molecular weight excluding hydrogens is 215 g/mol. The predicted octanol–water partition coefficient (Wildman–Crippen LogP) is 3.76. The number of hydrogen-bond acceptors (Lipinski definition) is 4. The summed E-state index contributed by atoms with van der Waals surface area (Å²) in [5, 5.41) is 0. The van der Waals surface area contributed by atoms with Crippen molar-refractivity contribution in [1.82, 2.24) is 0 Å². The topological polar surface area (TPSA) is 44.8 Å². The summed E-state index contributed by atoms with van der Waals surface area (Å²) < 4.78 is 27.2. The van der Waals surface area contributed by atoms with Crippen LogP contribution in [0.15, 0.2) is 0 Å². The van der Waals surface area contributed by atoms with E-state index in [-0.39, 0.29) is 0 Å². The van der Waals surface area contributed by atoms with Crippen LogP contribution >= 0.6 is 7.82 Å². The summed E-state index contributed by atoms with van der Waals surface area (Å²) in [5.41, 5.74) is 0. The molecule has 0 fully saturated rings. The van der Waals surface area contributed by atoms with Gasteiger partial charge in [-0.15, -0.1) is 0 Å². The Kier molecular flexibility index (Phi) is 9.41. The minimum atomic E-state index is -3.28. The van der Waals surface area contributed by atoms with E-state index in [9.17, 15) is 4.57 Å². The molecule has 0 saturated carbocycles. The van der Waals surface area contributed by atoms with Crippen molar-refractivity contribution in [1.29, 1.82) is 0 Å². The molecule has 5 heteroatoms. The third-order valence-electron chi connectivity index (χ3n) is 1.74. The molecule has 0 aromatic heterocycles. The molecule has 1 unspecified atom stereocenters. The predicted molar refractivity (Wildman–Crippen MR) is 61.0 cm³/mol. The van der Waals surface area contributed by atoms with Gasteiger partial charge in [-0.1, -0.05) is 26.7 Å². The van der Waals surface area contributed by atoms with Gasteiger partial charge in [-0.25, -0.2) is 4.57 Å². The van der Waals surface area contributed by atoms with Crippen LogP contribution in [-0.4, -0.2) is 19.8 Å². The fraction of sp³-hybridized carbons (Fsp3) is 1.00. The summed E-state index contributed by atoms with van der Waals surface area (Å²) >= 11 is 0.